The van der Waals surface area contributed by atoms with Crippen molar-refractivity contribution in [2.45, 2.75) is 6.42 Å². The number of hydrogen-bond donors (Lipinski definition) is 0. The predicted molar refractivity (Wildman–Crippen MR) is 102 cm³/mol. The molecule has 1 aromatic carbocycles. The molecule has 1 fully saturated rings. The quantitative estimate of drug-likeness (QED) is 0.725. The lowest BCUT2D eigenvalue weighted by Gasteiger charge is -2.35. The second-order valence-corrected chi connectivity index (χ2v) is 6.72. The number of anilines is 1. The highest BCUT2D eigenvalue weighted by Gasteiger charge is 2.22. The van der Waals surface area contributed by atoms with Gasteiger partial charge in [-0.25, -0.2) is 9.97 Å². The summed E-state index contributed by atoms with van der Waals surface area (Å²) in [5, 5.41) is 9.29. The van der Waals surface area contributed by atoms with Gasteiger partial charge in [0.2, 0.25) is 0 Å². The van der Waals surface area contributed by atoms with Gasteiger partial charge in [0.1, 0.15) is 23.4 Å². The van der Waals surface area contributed by atoms with Gasteiger partial charge in [0.15, 0.2) is 5.82 Å². The van der Waals surface area contributed by atoms with E-state index in [1.807, 2.05) is 17.8 Å². The largest absolute Gasteiger partial charge is 0.352 e. The summed E-state index contributed by atoms with van der Waals surface area (Å²) in [4.78, 5) is 13.7. The first kappa shape index (κ1) is 16.6. The summed E-state index contributed by atoms with van der Waals surface area (Å²) in [6.45, 7) is 5.00. The minimum atomic E-state index is 0.604. The van der Waals surface area contributed by atoms with E-state index in [9.17, 15) is 5.26 Å². The van der Waals surface area contributed by atoms with Gasteiger partial charge in [-0.05, 0) is 12.0 Å². The van der Waals surface area contributed by atoms with E-state index in [0.717, 1.165) is 56.0 Å². The summed E-state index contributed by atoms with van der Waals surface area (Å²) in [5.74, 6) is 0.932. The maximum absolute atomic E-state index is 9.29. The van der Waals surface area contributed by atoms with Crippen LogP contribution in [0.5, 0.6) is 0 Å². The molecular formula is C20H22N6. The van der Waals surface area contributed by atoms with E-state index in [4.69, 9.17) is 0 Å². The van der Waals surface area contributed by atoms with Crippen LogP contribution in [0.3, 0.4) is 0 Å². The van der Waals surface area contributed by atoms with Crippen molar-refractivity contribution < 1.29 is 0 Å². The van der Waals surface area contributed by atoms with Crippen molar-refractivity contribution in [2.24, 2.45) is 7.05 Å². The second-order valence-electron chi connectivity index (χ2n) is 6.72. The van der Waals surface area contributed by atoms with Crippen LogP contribution in [0.1, 0.15) is 11.1 Å². The zero-order valence-electron chi connectivity index (χ0n) is 15.0. The molecular weight excluding hydrogens is 324 g/mol. The molecule has 0 unspecified atom stereocenters. The van der Waals surface area contributed by atoms with Crippen LogP contribution in [0.25, 0.3) is 11.0 Å². The summed E-state index contributed by atoms with van der Waals surface area (Å²) in [5.41, 5.74) is 3.68. The molecule has 1 aliphatic heterocycles. The fourth-order valence-corrected chi connectivity index (χ4v) is 3.64. The maximum atomic E-state index is 9.29. The smallest absolute Gasteiger partial charge is 0.156 e. The third-order valence-electron chi connectivity index (χ3n) is 5.09. The lowest BCUT2D eigenvalue weighted by Crippen LogP contribution is -2.47. The van der Waals surface area contributed by atoms with E-state index >= 15 is 0 Å². The average molecular weight is 346 g/mol. The molecule has 3 heterocycles. The molecule has 2 aromatic heterocycles. The van der Waals surface area contributed by atoms with Gasteiger partial charge in [0.25, 0.3) is 0 Å². The van der Waals surface area contributed by atoms with Crippen LogP contribution >= 0.6 is 0 Å². The van der Waals surface area contributed by atoms with Crippen LogP contribution in [0, 0.1) is 11.3 Å². The zero-order chi connectivity index (χ0) is 17.9. The van der Waals surface area contributed by atoms with E-state index in [0.29, 0.717) is 5.56 Å². The normalized spacial score (nSPS) is 15.3. The van der Waals surface area contributed by atoms with E-state index in [-0.39, 0.29) is 0 Å². The Balaban J connectivity index is 1.45. The number of aryl methyl sites for hydroxylation is 1. The molecule has 1 saturated heterocycles. The van der Waals surface area contributed by atoms with Gasteiger partial charge in [-0.2, -0.15) is 5.26 Å². The Morgan fingerprint density at radius 2 is 1.85 bits per heavy atom. The monoisotopic (exact) mass is 346 g/mol. The maximum Gasteiger partial charge on any atom is 0.156 e. The van der Waals surface area contributed by atoms with Crippen molar-refractivity contribution in [2.75, 3.05) is 37.6 Å². The third-order valence-corrected chi connectivity index (χ3v) is 5.09. The predicted octanol–water partition coefficient (Wildman–Crippen LogP) is 2.20. The number of hydrogen-bond acceptors (Lipinski definition) is 5. The molecule has 6 heteroatoms. The number of benzene rings is 1. The number of nitriles is 1. The average Bonchev–Trinajstić information content (AvgIpc) is 3.04. The van der Waals surface area contributed by atoms with Gasteiger partial charge in [-0.1, -0.05) is 30.3 Å². The van der Waals surface area contributed by atoms with E-state index in [1.165, 1.54) is 5.56 Å². The molecule has 1 aliphatic rings. The Labute approximate surface area is 153 Å². The van der Waals surface area contributed by atoms with Crippen molar-refractivity contribution >= 4 is 16.9 Å². The SMILES string of the molecule is Cn1cc(C#N)c2ncnc(N3CCN(CCc4ccccc4)CC3)c21. The van der Waals surface area contributed by atoms with Gasteiger partial charge >= 0.3 is 0 Å². The number of fused-ring (bicyclic) bond motifs is 1. The minimum Gasteiger partial charge on any atom is -0.352 e. The van der Waals surface area contributed by atoms with Crippen LogP contribution in [0.2, 0.25) is 0 Å². The molecule has 0 aliphatic carbocycles. The zero-order valence-corrected chi connectivity index (χ0v) is 15.0. The summed E-state index contributed by atoms with van der Waals surface area (Å²) < 4.78 is 1.96. The number of piperazine rings is 1. The molecule has 0 amide bonds. The second kappa shape index (κ2) is 7.14. The Kier molecular flexibility index (Phi) is 4.55. The molecule has 6 nitrogen and oxygen atoms in total. The van der Waals surface area contributed by atoms with Crippen molar-refractivity contribution in [1.29, 1.82) is 5.26 Å². The highest BCUT2D eigenvalue weighted by molar-refractivity contribution is 5.91. The van der Waals surface area contributed by atoms with Crippen LogP contribution in [-0.4, -0.2) is 52.2 Å². The molecule has 0 saturated carbocycles. The topological polar surface area (TPSA) is 61.0 Å². The van der Waals surface area contributed by atoms with Crippen LogP contribution in [0.4, 0.5) is 5.82 Å². The summed E-state index contributed by atoms with van der Waals surface area (Å²) in [6, 6.07) is 12.9. The van der Waals surface area contributed by atoms with Crippen LogP contribution < -0.4 is 4.90 Å². The van der Waals surface area contributed by atoms with Crippen LogP contribution in [0.15, 0.2) is 42.9 Å². The van der Waals surface area contributed by atoms with Gasteiger partial charge in [-0.3, -0.25) is 4.90 Å². The van der Waals surface area contributed by atoms with Crippen molar-refractivity contribution in [3.05, 3.63) is 54.0 Å². The molecule has 26 heavy (non-hydrogen) atoms. The van der Waals surface area contributed by atoms with Gasteiger partial charge < -0.3 is 9.47 Å². The standard InChI is InChI=1S/C20H22N6/c1-24-14-17(13-21)18-19(24)20(23-15-22-18)26-11-9-25(10-12-26)8-7-16-5-3-2-4-6-16/h2-6,14-15H,7-12H2,1H3. The van der Waals surface area contributed by atoms with Crippen molar-refractivity contribution in [3.8, 4) is 6.07 Å². The number of nitrogens with zero attached hydrogens (tertiary/aromatic N) is 6. The molecule has 0 atom stereocenters. The molecule has 4 rings (SSSR count). The minimum absolute atomic E-state index is 0.604. The summed E-state index contributed by atoms with van der Waals surface area (Å²) in [7, 11) is 1.95. The summed E-state index contributed by atoms with van der Waals surface area (Å²) >= 11 is 0. The molecule has 3 aromatic rings. The Hall–Kier alpha value is -2.91. The third kappa shape index (κ3) is 3.14. The highest BCUT2D eigenvalue weighted by Crippen LogP contribution is 2.26. The van der Waals surface area contributed by atoms with Crippen molar-refractivity contribution in [3.63, 3.8) is 0 Å². The molecule has 132 valence electrons. The number of rotatable bonds is 4. The Bertz CT molecular complexity index is 932. The van der Waals surface area contributed by atoms with E-state index < -0.39 is 0 Å². The Morgan fingerprint density at radius 1 is 1.08 bits per heavy atom. The molecule has 0 bridgehead atoms. The highest BCUT2D eigenvalue weighted by atomic mass is 15.3. The Morgan fingerprint density at radius 3 is 2.58 bits per heavy atom. The molecule has 0 radical (unpaired) electrons. The lowest BCUT2D eigenvalue weighted by atomic mass is 10.1. The summed E-state index contributed by atoms with van der Waals surface area (Å²) in [6.07, 6.45) is 4.49. The van der Waals surface area contributed by atoms with E-state index in [2.05, 4.69) is 56.2 Å². The first-order valence-corrected chi connectivity index (χ1v) is 8.97. The molecule has 0 N–H and O–H groups in total. The molecule has 0 spiro atoms. The first-order valence-electron chi connectivity index (χ1n) is 8.97. The fraction of sp³-hybridized carbons (Fsp3) is 0.350. The van der Waals surface area contributed by atoms with Gasteiger partial charge in [0.05, 0.1) is 5.56 Å². The first-order chi connectivity index (χ1) is 12.8. The fourth-order valence-electron chi connectivity index (χ4n) is 3.64. The van der Waals surface area contributed by atoms with Gasteiger partial charge in [-0.15, -0.1) is 0 Å². The lowest BCUT2D eigenvalue weighted by molar-refractivity contribution is 0.260. The van der Waals surface area contributed by atoms with Crippen LogP contribution in [-0.2, 0) is 13.5 Å². The van der Waals surface area contributed by atoms with Gasteiger partial charge in [0, 0.05) is 46.0 Å². The van der Waals surface area contributed by atoms with E-state index in [1.54, 1.807) is 6.33 Å². The van der Waals surface area contributed by atoms with Crippen molar-refractivity contribution in [1.82, 2.24) is 19.4 Å². The number of aromatic nitrogens is 3.